The average molecular weight is 537 g/mol. The molecule has 0 fully saturated rings. The molecule has 3 rings (SSSR count). The van der Waals surface area contributed by atoms with Gasteiger partial charge in [0.15, 0.2) is 0 Å². The number of anilines is 1. The summed E-state index contributed by atoms with van der Waals surface area (Å²) < 4.78 is 46.7. The van der Waals surface area contributed by atoms with E-state index >= 15 is 0 Å². The predicted octanol–water partition coefficient (Wildman–Crippen LogP) is 5.40. The fourth-order valence-corrected chi connectivity index (χ4v) is 3.71. The summed E-state index contributed by atoms with van der Waals surface area (Å²) in [4.78, 5) is 12.1. The van der Waals surface area contributed by atoms with Crippen molar-refractivity contribution in [2.75, 3.05) is 18.5 Å². The van der Waals surface area contributed by atoms with Gasteiger partial charge < -0.3 is 20.9 Å². The van der Waals surface area contributed by atoms with Crippen molar-refractivity contribution in [3.8, 4) is 16.9 Å². The van der Waals surface area contributed by atoms with Crippen LogP contribution in [0.15, 0.2) is 71.2 Å². The van der Waals surface area contributed by atoms with Gasteiger partial charge in [0, 0.05) is 12.1 Å². The minimum absolute atomic E-state index is 0.0173. The van der Waals surface area contributed by atoms with Crippen LogP contribution in [-0.4, -0.2) is 29.8 Å². The maximum Gasteiger partial charge on any atom is 0.420 e. The highest BCUT2D eigenvalue weighted by molar-refractivity contribution is 9.10. The Morgan fingerprint density at radius 1 is 1.06 bits per heavy atom. The zero-order valence-electron chi connectivity index (χ0n) is 18.3. The van der Waals surface area contributed by atoms with Gasteiger partial charge in [-0.15, -0.1) is 0 Å². The number of benzene rings is 3. The minimum atomic E-state index is -4.72. The molecule has 3 aromatic rings. The molecule has 0 bridgehead atoms. The number of hydrogen-bond donors (Lipinski definition) is 3. The summed E-state index contributed by atoms with van der Waals surface area (Å²) in [6.45, 7) is 0.620. The molecule has 0 aliphatic carbocycles. The van der Waals surface area contributed by atoms with Gasteiger partial charge in [-0.1, -0.05) is 54.6 Å². The molecule has 9 heteroatoms. The standard InChI is InChI=1S/C25H24BrF3N2O3/c1-24(30,15-32)23(33)31-19-13-20(25(27,28)29)22(21(26)14-19)34-12-11-16-7-9-18(10-8-16)17-5-3-2-4-6-17/h2-10,13-14,32H,11-12,15,30H2,1H3,(H,31,33)/t24-/m0/s1. The molecule has 0 saturated carbocycles. The van der Waals surface area contributed by atoms with Gasteiger partial charge in [-0.05, 0) is 51.7 Å². The summed E-state index contributed by atoms with van der Waals surface area (Å²) in [5.74, 6) is -1.19. The number of hydrogen-bond acceptors (Lipinski definition) is 4. The Labute approximate surface area is 203 Å². The van der Waals surface area contributed by atoms with Crippen LogP contribution >= 0.6 is 15.9 Å². The van der Waals surface area contributed by atoms with Crippen LogP contribution in [0.4, 0.5) is 18.9 Å². The Bertz CT molecular complexity index is 1130. The highest BCUT2D eigenvalue weighted by Gasteiger charge is 2.37. The van der Waals surface area contributed by atoms with Crippen LogP contribution in [0.1, 0.15) is 18.1 Å². The third-order valence-electron chi connectivity index (χ3n) is 5.15. The highest BCUT2D eigenvalue weighted by Crippen LogP contribution is 2.42. The van der Waals surface area contributed by atoms with Crippen LogP contribution in [0.25, 0.3) is 11.1 Å². The molecule has 180 valence electrons. The van der Waals surface area contributed by atoms with Crippen LogP contribution in [0, 0.1) is 0 Å². The van der Waals surface area contributed by atoms with Crippen LogP contribution in [0.5, 0.6) is 5.75 Å². The van der Waals surface area contributed by atoms with Crippen molar-refractivity contribution in [1.82, 2.24) is 0 Å². The number of nitrogens with two attached hydrogens (primary N) is 1. The second-order valence-corrected chi connectivity index (χ2v) is 8.88. The lowest BCUT2D eigenvalue weighted by molar-refractivity contribution is -0.139. The van der Waals surface area contributed by atoms with Gasteiger partial charge in [0.25, 0.3) is 0 Å². The molecule has 1 amide bonds. The average Bonchev–Trinajstić information content (AvgIpc) is 2.80. The number of carbonyl (C=O) groups is 1. The van der Waals surface area contributed by atoms with Crippen molar-refractivity contribution in [2.24, 2.45) is 5.73 Å². The predicted molar refractivity (Wildman–Crippen MR) is 129 cm³/mol. The Morgan fingerprint density at radius 2 is 1.68 bits per heavy atom. The number of carbonyl (C=O) groups excluding carboxylic acids is 1. The van der Waals surface area contributed by atoms with Crippen molar-refractivity contribution in [1.29, 1.82) is 0 Å². The van der Waals surface area contributed by atoms with Crippen LogP contribution in [0.3, 0.4) is 0 Å². The molecule has 5 nitrogen and oxygen atoms in total. The summed E-state index contributed by atoms with van der Waals surface area (Å²) in [6.07, 6.45) is -4.32. The maximum atomic E-state index is 13.7. The zero-order valence-corrected chi connectivity index (χ0v) is 19.9. The fourth-order valence-electron chi connectivity index (χ4n) is 3.13. The number of ether oxygens (including phenoxy) is 1. The van der Waals surface area contributed by atoms with E-state index in [0.717, 1.165) is 22.8 Å². The largest absolute Gasteiger partial charge is 0.491 e. The van der Waals surface area contributed by atoms with E-state index < -0.39 is 29.8 Å². The van der Waals surface area contributed by atoms with Gasteiger partial charge in [-0.2, -0.15) is 13.2 Å². The Kier molecular flexibility index (Phi) is 8.01. The fraction of sp³-hybridized carbons (Fsp3) is 0.240. The molecule has 4 N–H and O–H groups in total. The third kappa shape index (κ3) is 6.37. The molecular weight excluding hydrogens is 513 g/mol. The number of aliphatic hydroxyl groups is 1. The number of alkyl halides is 3. The van der Waals surface area contributed by atoms with Crippen LogP contribution in [0.2, 0.25) is 0 Å². The van der Waals surface area contributed by atoms with Crippen molar-refractivity contribution < 1.29 is 27.8 Å². The molecule has 34 heavy (non-hydrogen) atoms. The van der Waals surface area contributed by atoms with E-state index in [1.807, 2.05) is 54.6 Å². The first-order chi connectivity index (χ1) is 16.0. The SMILES string of the molecule is C[C@](N)(CO)C(=O)Nc1cc(Br)c(OCCc2ccc(-c3ccccc3)cc2)c(C(F)(F)F)c1. The minimum Gasteiger partial charge on any atom is -0.491 e. The second-order valence-electron chi connectivity index (χ2n) is 8.02. The first-order valence-corrected chi connectivity index (χ1v) is 11.2. The van der Waals surface area contributed by atoms with Gasteiger partial charge in [-0.3, -0.25) is 4.79 Å². The van der Waals surface area contributed by atoms with Crippen molar-refractivity contribution in [2.45, 2.75) is 25.1 Å². The number of aliphatic hydroxyl groups excluding tert-OH is 1. The molecule has 0 unspecified atom stereocenters. The molecule has 0 heterocycles. The zero-order chi connectivity index (χ0) is 24.9. The highest BCUT2D eigenvalue weighted by atomic mass is 79.9. The van der Waals surface area contributed by atoms with E-state index in [2.05, 4.69) is 21.2 Å². The van der Waals surface area contributed by atoms with Crippen molar-refractivity contribution >= 4 is 27.5 Å². The summed E-state index contributed by atoms with van der Waals surface area (Å²) in [5.41, 5.74) is 5.86. The van der Waals surface area contributed by atoms with E-state index in [-0.39, 0.29) is 22.5 Å². The van der Waals surface area contributed by atoms with Gasteiger partial charge in [0.05, 0.1) is 17.7 Å². The first kappa shape index (κ1) is 25.7. The number of halogens is 4. The monoisotopic (exact) mass is 536 g/mol. The molecule has 0 spiro atoms. The molecule has 0 radical (unpaired) electrons. The number of amides is 1. The lowest BCUT2D eigenvalue weighted by Crippen LogP contribution is -2.51. The first-order valence-electron chi connectivity index (χ1n) is 10.4. The summed E-state index contributed by atoms with van der Waals surface area (Å²) in [6, 6.07) is 19.6. The number of nitrogens with one attached hydrogen (secondary N) is 1. The topological polar surface area (TPSA) is 84.6 Å². The molecular formula is C25H24BrF3N2O3. The normalized spacial score (nSPS) is 13.3. The number of rotatable bonds is 8. The Morgan fingerprint density at radius 3 is 2.26 bits per heavy atom. The quantitative estimate of drug-likeness (QED) is 0.359. The van der Waals surface area contributed by atoms with Gasteiger partial charge in [0.1, 0.15) is 16.9 Å². The summed E-state index contributed by atoms with van der Waals surface area (Å²) >= 11 is 3.11. The molecule has 3 aromatic carbocycles. The van der Waals surface area contributed by atoms with E-state index in [1.54, 1.807) is 0 Å². The van der Waals surface area contributed by atoms with E-state index in [9.17, 15) is 23.1 Å². The molecule has 0 aliphatic heterocycles. The molecule has 0 aromatic heterocycles. The lowest BCUT2D eigenvalue weighted by atomic mass is 10.0. The molecule has 1 atom stereocenters. The van der Waals surface area contributed by atoms with Gasteiger partial charge in [0.2, 0.25) is 5.91 Å². The summed E-state index contributed by atoms with van der Waals surface area (Å²) in [7, 11) is 0. The van der Waals surface area contributed by atoms with Gasteiger partial charge in [-0.25, -0.2) is 0 Å². The van der Waals surface area contributed by atoms with Crippen LogP contribution in [-0.2, 0) is 17.4 Å². The van der Waals surface area contributed by atoms with E-state index in [1.165, 1.54) is 13.0 Å². The Balaban J connectivity index is 1.73. The van der Waals surface area contributed by atoms with Gasteiger partial charge >= 0.3 is 6.18 Å². The lowest BCUT2D eigenvalue weighted by Gasteiger charge is -2.22. The van der Waals surface area contributed by atoms with E-state index in [0.29, 0.717) is 6.42 Å². The Hall–Kier alpha value is -2.88. The third-order valence-corrected chi connectivity index (χ3v) is 5.74. The smallest absolute Gasteiger partial charge is 0.420 e. The van der Waals surface area contributed by atoms with Crippen molar-refractivity contribution in [3.05, 3.63) is 82.3 Å². The molecule has 0 saturated heterocycles. The summed E-state index contributed by atoms with van der Waals surface area (Å²) in [5, 5.41) is 11.5. The van der Waals surface area contributed by atoms with E-state index in [4.69, 9.17) is 10.5 Å². The molecule has 0 aliphatic rings. The van der Waals surface area contributed by atoms with Crippen molar-refractivity contribution in [3.63, 3.8) is 0 Å². The maximum absolute atomic E-state index is 13.7. The second kappa shape index (κ2) is 10.6. The van der Waals surface area contributed by atoms with Crippen LogP contribution < -0.4 is 15.8 Å².